The Morgan fingerprint density at radius 2 is 1.61 bits per heavy atom. The summed E-state index contributed by atoms with van der Waals surface area (Å²) in [5.41, 5.74) is 2.82. The average Bonchev–Trinajstić information content (AvgIpc) is 2.74. The quantitative estimate of drug-likeness (QED) is 0.471. The molecule has 0 saturated carbocycles. The van der Waals surface area contributed by atoms with E-state index in [9.17, 15) is 13.2 Å². The standard InChI is InChI=1S/C23H24BrN3O3S/c1-23(2,3)18-8-11-20(12-9-18)31(29,30)26-14-16-4-6-17(7-5-16)22(28)27-19-10-13-21(24)25-15-19/h4-13,15,26H,14H2,1-3H3,(H,27,28). The maximum atomic E-state index is 12.6. The van der Waals surface area contributed by atoms with E-state index in [1.807, 2.05) is 12.1 Å². The lowest BCUT2D eigenvalue weighted by Crippen LogP contribution is -2.23. The van der Waals surface area contributed by atoms with Gasteiger partial charge in [-0.2, -0.15) is 0 Å². The average molecular weight is 502 g/mol. The minimum atomic E-state index is -3.63. The maximum Gasteiger partial charge on any atom is 0.255 e. The summed E-state index contributed by atoms with van der Waals surface area (Å²) in [7, 11) is -3.63. The third-order valence-electron chi connectivity index (χ3n) is 4.70. The second kappa shape index (κ2) is 9.30. The lowest BCUT2D eigenvalue weighted by Gasteiger charge is -2.19. The van der Waals surface area contributed by atoms with Gasteiger partial charge >= 0.3 is 0 Å². The molecular weight excluding hydrogens is 478 g/mol. The molecule has 162 valence electrons. The molecule has 0 spiro atoms. The van der Waals surface area contributed by atoms with Gasteiger partial charge in [0.25, 0.3) is 5.91 Å². The van der Waals surface area contributed by atoms with Crippen LogP contribution < -0.4 is 10.0 Å². The van der Waals surface area contributed by atoms with E-state index in [0.717, 1.165) is 11.1 Å². The molecule has 2 N–H and O–H groups in total. The first-order chi connectivity index (χ1) is 14.5. The molecule has 3 aromatic rings. The molecule has 0 radical (unpaired) electrons. The van der Waals surface area contributed by atoms with Crippen molar-refractivity contribution in [2.75, 3.05) is 5.32 Å². The zero-order valence-electron chi connectivity index (χ0n) is 17.5. The number of nitrogens with one attached hydrogen (secondary N) is 2. The first-order valence-corrected chi connectivity index (χ1v) is 11.9. The van der Waals surface area contributed by atoms with Gasteiger partial charge in [-0.05, 0) is 68.9 Å². The number of hydrogen-bond donors (Lipinski definition) is 2. The van der Waals surface area contributed by atoms with Crippen LogP contribution >= 0.6 is 15.9 Å². The van der Waals surface area contributed by atoms with Crippen LogP contribution in [-0.2, 0) is 22.0 Å². The Labute approximate surface area is 191 Å². The van der Waals surface area contributed by atoms with Crippen molar-refractivity contribution in [1.29, 1.82) is 0 Å². The number of carbonyl (C=O) groups is 1. The number of pyridine rings is 1. The van der Waals surface area contributed by atoms with Gasteiger partial charge in [0.15, 0.2) is 0 Å². The van der Waals surface area contributed by atoms with Gasteiger partial charge in [-0.1, -0.05) is 45.0 Å². The van der Waals surface area contributed by atoms with Gasteiger partial charge in [0, 0.05) is 12.1 Å². The summed E-state index contributed by atoms with van der Waals surface area (Å²) in [5.74, 6) is -0.268. The fourth-order valence-corrected chi connectivity index (χ4v) is 4.08. The van der Waals surface area contributed by atoms with Crippen LogP contribution in [-0.4, -0.2) is 19.3 Å². The number of sulfonamides is 1. The number of anilines is 1. The summed E-state index contributed by atoms with van der Waals surface area (Å²) >= 11 is 3.25. The van der Waals surface area contributed by atoms with Crippen LogP contribution in [0, 0.1) is 0 Å². The number of carbonyl (C=O) groups excluding carboxylic acids is 1. The molecule has 1 heterocycles. The Morgan fingerprint density at radius 3 is 2.16 bits per heavy atom. The Hall–Kier alpha value is -2.55. The summed E-state index contributed by atoms with van der Waals surface area (Å²) in [6.07, 6.45) is 1.55. The molecule has 0 aliphatic rings. The molecule has 3 rings (SSSR count). The Bertz CT molecular complexity index is 1150. The minimum absolute atomic E-state index is 0.0440. The number of amides is 1. The van der Waals surface area contributed by atoms with Gasteiger partial charge in [0.1, 0.15) is 4.60 Å². The summed E-state index contributed by atoms with van der Waals surface area (Å²) < 4.78 is 28.5. The van der Waals surface area contributed by atoms with Crippen molar-refractivity contribution in [2.24, 2.45) is 0 Å². The molecule has 2 aromatic carbocycles. The largest absolute Gasteiger partial charge is 0.321 e. The van der Waals surface area contributed by atoms with Gasteiger partial charge in [-0.15, -0.1) is 0 Å². The lowest BCUT2D eigenvalue weighted by atomic mass is 9.87. The van der Waals surface area contributed by atoms with E-state index < -0.39 is 10.0 Å². The number of halogens is 1. The van der Waals surface area contributed by atoms with Gasteiger partial charge in [0.05, 0.1) is 16.8 Å². The Balaban J connectivity index is 1.61. The predicted octanol–water partition coefficient (Wildman–Crippen LogP) is 4.87. The van der Waals surface area contributed by atoms with Crippen molar-refractivity contribution < 1.29 is 13.2 Å². The molecule has 0 unspecified atom stereocenters. The maximum absolute atomic E-state index is 12.6. The van der Waals surface area contributed by atoms with Gasteiger partial charge in [0.2, 0.25) is 10.0 Å². The smallest absolute Gasteiger partial charge is 0.255 e. The highest BCUT2D eigenvalue weighted by molar-refractivity contribution is 9.10. The van der Waals surface area contributed by atoms with Crippen molar-refractivity contribution in [3.05, 3.63) is 88.2 Å². The number of nitrogens with zero attached hydrogens (tertiary/aromatic N) is 1. The van der Waals surface area contributed by atoms with E-state index in [1.165, 1.54) is 0 Å². The van der Waals surface area contributed by atoms with Crippen LogP contribution in [0.4, 0.5) is 5.69 Å². The van der Waals surface area contributed by atoms with Gasteiger partial charge in [-0.25, -0.2) is 18.1 Å². The number of benzene rings is 2. The van der Waals surface area contributed by atoms with Crippen molar-refractivity contribution >= 4 is 37.5 Å². The van der Waals surface area contributed by atoms with Crippen LogP contribution in [0.1, 0.15) is 42.3 Å². The molecule has 1 aromatic heterocycles. The zero-order valence-corrected chi connectivity index (χ0v) is 19.9. The van der Waals surface area contributed by atoms with E-state index >= 15 is 0 Å². The van der Waals surface area contributed by atoms with Crippen molar-refractivity contribution in [3.63, 3.8) is 0 Å². The number of aromatic nitrogens is 1. The van der Waals surface area contributed by atoms with Crippen molar-refractivity contribution in [2.45, 2.75) is 37.6 Å². The molecule has 0 fully saturated rings. The fourth-order valence-electron chi connectivity index (χ4n) is 2.82. The third kappa shape index (κ3) is 6.22. The first kappa shape index (κ1) is 23.1. The van der Waals surface area contributed by atoms with E-state index in [1.54, 1.807) is 54.7 Å². The van der Waals surface area contributed by atoms with E-state index in [0.29, 0.717) is 15.9 Å². The molecule has 0 aliphatic carbocycles. The highest BCUT2D eigenvalue weighted by atomic mass is 79.9. The van der Waals surface area contributed by atoms with Crippen LogP contribution in [0.5, 0.6) is 0 Å². The topological polar surface area (TPSA) is 88.2 Å². The number of hydrogen-bond acceptors (Lipinski definition) is 4. The van der Waals surface area contributed by atoms with Crippen LogP contribution in [0.3, 0.4) is 0 Å². The van der Waals surface area contributed by atoms with Crippen molar-refractivity contribution in [1.82, 2.24) is 9.71 Å². The van der Waals surface area contributed by atoms with Crippen LogP contribution in [0.15, 0.2) is 76.4 Å². The lowest BCUT2D eigenvalue weighted by molar-refractivity contribution is 0.102. The van der Waals surface area contributed by atoms with Crippen molar-refractivity contribution in [3.8, 4) is 0 Å². The molecule has 0 atom stereocenters. The van der Waals surface area contributed by atoms with Crippen LogP contribution in [0.25, 0.3) is 0 Å². The Kier molecular flexibility index (Phi) is 6.93. The first-order valence-electron chi connectivity index (χ1n) is 9.67. The Morgan fingerprint density at radius 1 is 0.968 bits per heavy atom. The normalized spacial score (nSPS) is 11.9. The SMILES string of the molecule is CC(C)(C)c1ccc(S(=O)(=O)NCc2ccc(C(=O)Nc3ccc(Br)nc3)cc2)cc1. The van der Waals surface area contributed by atoms with Crippen LogP contribution in [0.2, 0.25) is 0 Å². The predicted molar refractivity (Wildman–Crippen MR) is 125 cm³/mol. The summed E-state index contributed by atoms with van der Waals surface area (Å²) in [6, 6.07) is 17.1. The molecule has 0 aliphatic heterocycles. The van der Waals surface area contributed by atoms with Gasteiger partial charge in [-0.3, -0.25) is 4.79 Å². The van der Waals surface area contributed by atoms with E-state index in [-0.39, 0.29) is 22.8 Å². The summed E-state index contributed by atoms with van der Waals surface area (Å²) in [4.78, 5) is 16.6. The molecule has 0 bridgehead atoms. The third-order valence-corrected chi connectivity index (χ3v) is 6.58. The summed E-state index contributed by atoms with van der Waals surface area (Å²) in [5, 5.41) is 2.76. The molecule has 6 nitrogen and oxygen atoms in total. The minimum Gasteiger partial charge on any atom is -0.321 e. The highest BCUT2D eigenvalue weighted by Crippen LogP contribution is 2.23. The summed E-state index contributed by atoms with van der Waals surface area (Å²) in [6.45, 7) is 6.36. The molecule has 0 saturated heterocycles. The molecule has 31 heavy (non-hydrogen) atoms. The fraction of sp³-hybridized carbons (Fsp3) is 0.217. The van der Waals surface area contributed by atoms with E-state index in [4.69, 9.17) is 0 Å². The second-order valence-electron chi connectivity index (χ2n) is 8.12. The monoisotopic (exact) mass is 501 g/mol. The zero-order chi connectivity index (χ0) is 22.6. The van der Waals surface area contributed by atoms with E-state index in [2.05, 4.69) is 51.7 Å². The molecule has 8 heteroatoms. The molecular formula is C23H24BrN3O3S. The highest BCUT2D eigenvalue weighted by Gasteiger charge is 2.17. The van der Waals surface area contributed by atoms with Gasteiger partial charge < -0.3 is 5.32 Å². The second-order valence-corrected chi connectivity index (χ2v) is 10.7. The molecule has 1 amide bonds. The number of rotatable bonds is 6.